The topological polar surface area (TPSA) is 108 Å². The first-order valence-corrected chi connectivity index (χ1v) is 7.19. The summed E-state index contributed by atoms with van der Waals surface area (Å²) in [7, 11) is 1.51. The lowest BCUT2D eigenvalue weighted by molar-refractivity contribution is -0.385. The van der Waals surface area contributed by atoms with Crippen molar-refractivity contribution in [1.82, 2.24) is 5.32 Å². The number of carbonyl (C=O) groups excluding carboxylic acids is 2. The monoisotopic (exact) mass is 324 g/mol. The van der Waals surface area contributed by atoms with E-state index in [1.807, 2.05) is 6.92 Å². The van der Waals surface area contributed by atoms with E-state index in [-0.39, 0.29) is 29.4 Å². The number of carbonyl (C=O) groups is 2. The number of benzene rings is 1. The number of nitrogens with zero attached hydrogens (tertiary/aromatic N) is 1. The van der Waals surface area contributed by atoms with Crippen molar-refractivity contribution in [1.29, 1.82) is 0 Å². The molecule has 8 heteroatoms. The van der Waals surface area contributed by atoms with E-state index in [9.17, 15) is 19.7 Å². The molecule has 1 amide bonds. The third-order valence-electron chi connectivity index (χ3n) is 2.94. The minimum Gasteiger partial charge on any atom is -0.477 e. The summed E-state index contributed by atoms with van der Waals surface area (Å²) in [5, 5.41) is 13.6. The third kappa shape index (κ3) is 6.03. The standard InChI is InChI=1S/C15H20N2O6/c1-3-4-13(18)11-5-6-14(12(9-11)17(20)21)23-10-15(19)16-7-8-22-2/h5-6,9H,3-4,7-8,10H2,1-2H3,(H,16,19). The summed E-state index contributed by atoms with van der Waals surface area (Å²) in [5.41, 5.74) is -0.0768. The molecule has 0 atom stereocenters. The van der Waals surface area contributed by atoms with Gasteiger partial charge in [0.15, 0.2) is 18.1 Å². The molecule has 0 aliphatic rings. The minimum atomic E-state index is -0.638. The Kier molecular flexibility index (Phi) is 7.69. The fourth-order valence-electron chi connectivity index (χ4n) is 1.81. The zero-order chi connectivity index (χ0) is 17.2. The van der Waals surface area contributed by atoms with Gasteiger partial charge in [0.1, 0.15) is 0 Å². The number of rotatable bonds is 10. The zero-order valence-electron chi connectivity index (χ0n) is 13.2. The van der Waals surface area contributed by atoms with Crippen molar-refractivity contribution < 1.29 is 24.0 Å². The van der Waals surface area contributed by atoms with Crippen molar-refractivity contribution in [2.45, 2.75) is 19.8 Å². The highest BCUT2D eigenvalue weighted by atomic mass is 16.6. The van der Waals surface area contributed by atoms with Crippen LogP contribution in [0.15, 0.2) is 18.2 Å². The molecule has 126 valence electrons. The van der Waals surface area contributed by atoms with Crippen molar-refractivity contribution >= 4 is 17.4 Å². The SMILES string of the molecule is CCCC(=O)c1ccc(OCC(=O)NCCOC)c([N+](=O)[O-])c1. The van der Waals surface area contributed by atoms with E-state index in [2.05, 4.69) is 5.32 Å². The van der Waals surface area contributed by atoms with Gasteiger partial charge in [-0.1, -0.05) is 6.92 Å². The highest BCUT2D eigenvalue weighted by Crippen LogP contribution is 2.28. The van der Waals surface area contributed by atoms with Crippen molar-refractivity contribution in [2.24, 2.45) is 0 Å². The number of hydrogen-bond acceptors (Lipinski definition) is 6. The van der Waals surface area contributed by atoms with Gasteiger partial charge >= 0.3 is 5.69 Å². The number of ketones is 1. The predicted molar refractivity (Wildman–Crippen MR) is 82.7 cm³/mol. The molecule has 0 spiro atoms. The number of ether oxygens (including phenoxy) is 2. The molecule has 0 aliphatic carbocycles. The normalized spacial score (nSPS) is 10.2. The van der Waals surface area contributed by atoms with Gasteiger partial charge in [0.2, 0.25) is 0 Å². The summed E-state index contributed by atoms with van der Waals surface area (Å²) in [4.78, 5) is 33.8. The maximum Gasteiger partial charge on any atom is 0.311 e. The summed E-state index contributed by atoms with van der Waals surface area (Å²) in [6.45, 7) is 2.18. The molecule has 0 aliphatic heterocycles. The van der Waals surface area contributed by atoms with Gasteiger partial charge in [0.25, 0.3) is 5.91 Å². The van der Waals surface area contributed by atoms with Gasteiger partial charge in [0.05, 0.1) is 11.5 Å². The van der Waals surface area contributed by atoms with E-state index >= 15 is 0 Å². The minimum absolute atomic E-state index is 0.0510. The number of hydrogen-bond donors (Lipinski definition) is 1. The Morgan fingerprint density at radius 3 is 2.70 bits per heavy atom. The van der Waals surface area contributed by atoms with Crippen molar-refractivity contribution in [2.75, 3.05) is 26.9 Å². The lowest BCUT2D eigenvalue weighted by atomic mass is 10.1. The maximum atomic E-state index is 11.8. The predicted octanol–water partition coefficient (Wildman–Crippen LogP) is 1.72. The first kappa shape index (κ1) is 18.6. The van der Waals surface area contributed by atoms with Crippen LogP contribution in [-0.4, -0.2) is 43.5 Å². The maximum absolute atomic E-state index is 11.8. The van der Waals surface area contributed by atoms with E-state index in [1.54, 1.807) is 0 Å². The van der Waals surface area contributed by atoms with Crippen LogP contribution < -0.4 is 10.1 Å². The van der Waals surface area contributed by atoms with Crippen LogP contribution in [0.3, 0.4) is 0 Å². The molecule has 0 heterocycles. The highest BCUT2D eigenvalue weighted by molar-refractivity contribution is 5.96. The summed E-state index contributed by atoms with van der Waals surface area (Å²) in [5.74, 6) is -0.633. The second-order valence-electron chi connectivity index (χ2n) is 4.74. The molecule has 1 N–H and O–H groups in total. The average Bonchev–Trinajstić information content (AvgIpc) is 2.53. The largest absolute Gasteiger partial charge is 0.477 e. The molecule has 0 saturated carbocycles. The van der Waals surface area contributed by atoms with E-state index < -0.39 is 10.8 Å². The molecule has 23 heavy (non-hydrogen) atoms. The number of nitrogens with one attached hydrogen (secondary N) is 1. The summed E-state index contributed by atoms with van der Waals surface area (Å²) in [6, 6.07) is 3.97. The third-order valence-corrected chi connectivity index (χ3v) is 2.94. The van der Waals surface area contributed by atoms with Gasteiger partial charge in [0, 0.05) is 31.7 Å². The second kappa shape index (κ2) is 9.52. The number of methoxy groups -OCH3 is 1. The Hall–Kier alpha value is -2.48. The molecule has 0 aromatic heterocycles. The molecule has 0 bridgehead atoms. The average molecular weight is 324 g/mol. The molecule has 0 radical (unpaired) electrons. The number of nitro benzene ring substituents is 1. The van der Waals surface area contributed by atoms with Crippen molar-refractivity contribution in [3.05, 3.63) is 33.9 Å². The molecule has 0 saturated heterocycles. The lowest BCUT2D eigenvalue weighted by Crippen LogP contribution is -2.31. The molecule has 1 rings (SSSR count). The lowest BCUT2D eigenvalue weighted by Gasteiger charge is -2.08. The van der Waals surface area contributed by atoms with Gasteiger partial charge in [-0.25, -0.2) is 0 Å². The van der Waals surface area contributed by atoms with Crippen LogP contribution in [-0.2, 0) is 9.53 Å². The first-order valence-electron chi connectivity index (χ1n) is 7.19. The Balaban J connectivity index is 2.76. The second-order valence-corrected chi connectivity index (χ2v) is 4.74. The highest BCUT2D eigenvalue weighted by Gasteiger charge is 2.19. The van der Waals surface area contributed by atoms with Crippen LogP contribution in [0.5, 0.6) is 5.75 Å². The zero-order valence-corrected chi connectivity index (χ0v) is 13.2. The molecule has 0 fully saturated rings. The van der Waals surface area contributed by atoms with Gasteiger partial charge < -0.3 is 14.8 Å². The Labute approximate surface area is 133 Å². The van der Waals surface area contributed by atoms with Crippen LogP contribution in [0.4, 0.5) is 5.69 Å². The Morgan fingerprint density at radius 2 is 2.09 bits per heavy atom. The molecule has 1 aromatic carbocycles. The molecule has 0 unspecified atom stereocenters. The van der Waals surface area contributed by atoms with E-state index in [1.165, 1.54) is 25.3 Å². The summed E-state index contributed by atoms with van der Waals surface area (Å²) in [6.07, 6.45) is 0.978. The number of nitro groups is 1. The fourth-order valence-corrected chi connectivity index (χ4v) is 1.81. The van der Waals surface area contributed by atoms with Gasteiger partial charge in [-0.05, 0) is 18.6 Å². The fraction of sp³-hybridized carbons (Fsp3) is 0.467. The van der Waals surface area contributed by atoms with E-state index in [4.69, 9.17) is 9.47 Å². The van der Waals surface area contributed by atoms with Crippen LogP contribution in [0.2, 0.25) is 0 Å². The summed E-state index contributed by atoms with van der Waals surface area (Å²) >= 11 is 0. The van der Waals surface area contributed by atoms with E-state index in [0.717, 1.165) is 0 Å². The quantitative estimate of drug-likeness (QED) is 0.304. The van der Waals surface area contributed by atoms with Crippen molar-refractivity contribution in [3.8, 4) is 5.75 Å². The molecular weight excluding hydrogens is 304 g/mol. The summed E-state index contributed by atoms with van der Waals surface area (Å²) < 4.78 is 9.96. The van der Waals surface area contributed by atoms with Crippen LogP contribution in [0.1, 0.15) is 30.1 Å². The molecular formula is C15H20N2O6. The number of Topliss-reactive ketones (excluding diaryl/α,β-unsaturated/α-hetero) is 1. The Morgan fingerprint density at radius 1 is 1.35 bits per heavy atom. The first-order chi connectivity index (χ1) is 11.0. The van der Waals surface area contributed by atoms with E-state index in [0.29, 0.717) is 26.0 Å². The van der Waals surface area contributed by atoms with Gasteiger partial charge in [-0.2, -0.15) is 0 Å². The van der Waals surface area contributed by atoms with Gasteiger partial charge in [-0.15, -0.1) is 0 Å². The van der Waals surface area contributed by atoms with Crippen LogP contribution in [0, 0.1) is 10.1 Å². The van der Waals surface area contributed by atoms with Gasteiger partial charge in [-0.3, -0.25) is 19.7 Å². The van der Waals surface area contributed by atoms with Crippen LogP contribution in [0.25, 0.3) is 0 Å². The Bertz CT molecular complexity index is 573. The molecule has 1 aromatic rings. The van der Waals surface area contributed by atoms with Crippen LogP contribution >= 0.6 is 0 Å². The smallest absolute Gasteiger partial charge is 0.311 e. The molecule has 8 nitrogen and oxygen atoms in total. The van der Waals surface area contributed by atoms with Crippen molar-refractivity contribution in [3.63, 3.8) is 0 Å². The number of amides is 1.